The van der Waals surface area contributed by atoms with E-state index >= 15 is 0 Å². The van der Waals surface area contributed by atoms with Gasteiger partial charge in [-0.05, 0) is 31.9 Å². The summed E-state index contributed by atoms with van der Waals surface area (Å²) in [5.74, 6) is 0. The Morgan fingerprint density at radius 1 is 1.36 bits per heavy atom. The summed E-state index contributed by atoms with van der Waals surface area (Å²) in [6, 6.07) is 10.4. The van der Waals surface area contributed by atoms with E-state index in [1.807, 2.05) is 13.0 Å². The van der Waals surface area contributed by atoms with E-state index in [0.29, 0.717) is 0 Å². The van der Waals surface area contributed by atoms with Crippen LogP contribution in [0.25, 0.3) is 0 Å². The molecule has 0 radical (unpaired) electrons. The molecule has 14 heavy (non-hydrogen) atoms. The Balaban J connectivity index is 2.27. The molecule has 1 atom stereocenters. The van der Waals surface area contributed by atoms with Gasteiger partial charge in [-0.3, -0.25) is 5.32 Å². The number of hydrogen-bond donors (Lipinski definition) is 1. The van der Waals surface area contributed by atoms with Crippen LogP contribution < -0.4 is 5.32 Å². The maximum atomic E-state index is 5.87. The molecule has 2 rings (SSSR count). The van der Waals surface area contributed by atoms with Crippen molar-refractivity contribution >= 4 is 0 Å². The summed E-state index contributed by atoms with van der Waals surface area (Å²) in [4.78, 5) is 0. The third kappa shape index (κ3) is 1.68. The summed E-state index contributed by atoms with van der Waals surface area (Å²) < 4.78 is 5.87. The van der Waals surface area contributed by atoms with Crippen molar-refractivity contribution in [3.05, 3.63) is 35.9 Å². The molecule has 0 bridgehead atoms. The van der Waals surface area contributed by atoms with E-state index in [4.69, 9.17) is 4.74 Å². The maximum Gasteiger partial charge on any atom is 0.145 e. The fraction of sp³-hybridized carbons (Fsp3) is 0.500. The van der Waals surface area contributed by atoms with Gasteiger partial charge in [-0.2, -0.15) is 0 Å². The Labute approximate surface area is 85.3 Å². The maximum absolute atomic E-state index is 5.87. The molecule has 1 heterocycles. The quantitative estimate of drug-likeness (QED) is 0.791. The van der Waals surface area contributed by atoms with Crippen LogP contribution >= 0.6 is 0 Å². The van der Waals surface area contributed by atoms with Crippen molar-refractivity contribution in [1.29, 1.82) is 0 Å². The van der Waals surface area contributed by atoms with E-state index in [1.54, 1.807) is 0 Å². The fourth-order valence-corrected chi connectivity index (χ4v) is 2.12. The smallest absolute Gasteiger partial charge is 0.145 e. The second kappa shape index (κ2) is 4.11. The van der Waals surface area contributed by atoms with Gasteiger partial charge >= 0.3 is 0 Å². The summed E-state index contributed by atoms with van der Waals surface area (Å²) in [5, 5.41) is 3.47. The van der Waals surface area contributed by atoms with E-state index in [-0.39, 0.29) is 5.72 Å². The summed E-state index contributed by atoms with van der Waals surface area (Å²) >= 11 is 0. The Bertz CT molecular complexity index is 278. The van der Waals surface area contributed by atoms with E-state index in [1.165, 1.54) is 12.0 Å². The molecule has 1 aromatic carbocycles. The van der Waals surface area contributed by atoms with Crippen LogP contribution in [-0.2, 0) is 10.5 Å². The Morgan fingerprint density at radius 3 is 2.71 bits per heavy atom. The lowest BCUT2D eigenvalue weighted by Crippen LogP contribution is -2.39. The monoisotopic (exact) mass is 191 g/mol. The topological polar surface area (TPSA) is 21.3 Å². The molecule has 0 spiro atoms. The Kier molecular flexibility index (Phi) is 2.85. The third-order valence-corrected chi connectivity index (χ3v) is 2.75. The molecule has 1 aliphatic rings. The minimum Gasteiger partial charge on any atom is -0.357 e. The van der Waals surface area contributed by atoms with Gasteiger partial charge in [-0.25, -0.2) is 0 Å². The lowest BCUT2D eigenvalue weighted by Gasteiger charge is -2.29. The van der Waals surface area contributed by atoms with Gasteiger partial charge in [0.2, 0.25) is 0 Å². The highest BCUT2D eigenvalue weighted by molar-refractivity contribution is 5.23. The van der Waals surface area contributed by atoms with Crippen molar-refractivity contribution in [3.63, 3.8) is 0 Å². The van der Waals surface area contributed by atoms with Crippen LogP contribution in [0.2, 0.25) is 0 Å². The standard InChI is InChI=1S/C12H17NO/c1-2-14-12(9-6-10-13-12)11-7-4-3-5-8-11/h3-5,7-8,13H,2,6,9-10H2,1H3. The first kappa shape index (κ1) is 9.69. The summed E-state index contributed by atoms with van der Waals surface area (Å²) in [6.45, 7) is 3.85. The van der Waals surface area contributed by atoms with E-state index < -0.39 is 0 Å². The number of ether oxygens (including phenoxy) is 1. The first-order valence-corrected chi connectivity index (χ1v) is 5.32. The van der Waals surface area contributed by atoms with Gasteiger partial charge in [0.1, 0.15) is 5.72 Å². The van der Waals surface area contributed by atoms with E-state index in [2.05, 4.69) is 29.6 Å². The zero-order chi connectivity index (χ0) is 9.86. The summed E-state index contributed by atoms with van der Waals surface area (Å²) in [7, 11) is 0. The predicted octanol–water partition coefficient (Wildman–Crippen LogP) is 2.26. The third-order valence-electron chi connectivity index (χ3n) is 2.75. The van der Waals surface area contributed by atoms with E-state index in [9.17, 15) is 0 Å². The van der Waals surface area contributed by atoms with Gasteiger partial charge in [0, 0.05) is 6.61 Å². The molecule has 1 unspecified atom stereocenters. The van der Waals surface area contributed by atoms with Crippen molar-refractivity contribution in [3.8, 4) is 0 Å². The largest absolute Gasteiger partial charge is 0.357 e. The van der Waals surface area contributed by atoms with Crippen molar-refractivity contribution in [2.75, 3.05) is 13.2 Å². The molecule has 1 aliphatic heterocycles. The van der Waals surface area contributed by atoms with Crippen LogP contribution in [0.5, 0.6) is 0 Å². The van der Waals surface area contributed by atoms with Crippen LogP contribution in [0.1, 0.15) is 25.3 Å². The average molecular weight is 191 g/mol. The van der Waals surface area contributed by atoms with Gasteiger partial charge in [0.05, 0.1) is 0 Å². The second-order valence-electron chi connectivity index (χ2n) is 3.66. The zero-order valence-corrected chi connectivity index (χ0v) is 8.62. The number of hydrogen-bond acceptors (Lipinski definition) is 2. The molecule has 0 saturated carbocycles. The van der Waals surface area contributed by atoms with Gasteiger partial charge in [0.15, 0.2) is 0 Å². The molecule has 1 N–H and O–H groups in total. The highest BCUT2D eigenvalue weighted by atomic mass is 16.5. The minimum absolute atomic E-state index is 0.212. The first-order chi connectivity index (χ1) is 6.87. The van der Waals surface area contributed by atoms with Gasteiger partial charge in [-0.15, -0.1) is 0 Å². The Hall–Kier alpha value is -0.860. The van der Waals surface area contributed by atoms with Gasteiger partial charge in [0.25, 0.3) is 0 Å². The number of nitrogens with one attached hydrogen (secondary N) is 1. The predicted molar refractivity (Wildman–Crippen MR) is 57.0 cm³/mol. The number of rotatable bonds is 3. The lowest BCUT2D eigenvalue weighted by atomic mass is 10.0. The molecule has 1 aromatic rings. The van der Waals surface area contributed by atoms with Crippen LogP contribution in [0, 0.1) is 0 Å². The summed E-state index contributed by atoms with van der Waals surface area (Å²) in [5.41, 5.74) is 1.04. The Morgan fingerprint density at radius 2 is 2.14 bits per heavy atom. The van der Waals surface area contributed by atoms with E-state index in [0.717, 1.165) is 19.6 Å². The summed E-state index contributed by atoms with van der Waals surface area (Å²) in [6.07, 6.45) is 2.26. The van der Waals surface area contributed by atoms with Crippen molar-refractivity contribution in [1.82, 2.24) is 5.32 Å². The SMILES string of the molecule is CCOC1(c2ccccc2)CCCN1. The molecule has 2 heteroatoms. The molecule has 0 aromatic heterocycles. The molecule has 1 fully saturated rings. The van der Waals surface area contributed by atoms with Crippen LogP contribution in [0.15, 0.2) is 30.3 Å². The molecule has 76 valence electrons. The second-order valence-corrected chi connectivity index (χ2v) is 3.66. The van der Waals surface area contributed by atoms with Gasteiger partial charge < -0.3 is 4.74 Å². The average Bonchev–Trinajstić information content (AvgIpc) is 2.70. The molecular formula is C12H17NO. The lowest BCUT2D eigenvalue weighted by molar-refractivity contribution is -0.0570. The molecule has 0 aliphatic carbocycles. The van der Waals surface area contributed by atoms with Crippen LogP contribution in [-0.4, -0.2) is 13.2 Å². The van der Waals surface area contributed by atoms with Crippen molar-refractivity contribution < 1.29 is 4.74 Å². The van der Waals surface area contributed by atoms with Gasteiger partial charge in [-0.1, -0.05) is 30.3 Å². The molecule has 0 amide bonds. The number of benzene rings is 1. The normalized spacial score (nSPS) is 26.6. The first-order valence-electron chi connectivity index (χ1n) is 5.32. The minimum atomic E-state index is -0.212. The van der Waals surface area contributed by atoms with Crippen molar-refractivity contribution in [2.45, 2.75) is 25.5 Å². The van der Waals surface area contributed by atoms with Crippen molar-refractivity contribution in [2.24, 2.45) is 0 Å². The highest BCUT2D eigenvalue weighted by Gasteiger charge is 2.35. The molecule has 2 nitrogen and oxygen atoms in total. The molecule has 1 saturated heterocycles. The van der Waals surface area contributed by atoms with Crippen LogP contribution in [0.4, 0.5) is 0 Å². The van der Waals surface area contributed by atoms with Crippen LogP contribution in [0.3, 0.4) is 0 Å². The fourth-order valence-electron chi connectivity index (χ4n) is 2.12. The zero-order valence-electron chi connectivity index (χ0n) is 8.62. The highest BCUT2D eigenvalue weighted by Crippen LogP contribution is 2.31. The molecular weight excluding hydrogens is 174 g/mol.